The minimum absolute atomic E-state index is 0. The third kappa shape index (κ3) is 128. The second-order valence-corrected chi connectivity index (χ2v) is 1.63. The zero-order chi connectivity index (χ0) is 7.21. The van der Waals surface area contributed by atoms with Crippen molar-refractivity contribution in [3.05, 3.63) is 0 Å². The molecule has 0 bridgehead atoms. The van der Waals surface area contributed by atoms with Crippen LogP contribution < -0.4 is 113 Å². The molecule has 0 aromatic heterocycles. The van der Waals surface area contributed by atoms with Gasteiger partial charge in [-0.3, -0.25) is 0 Å². The van der Waals surface area contributed by atoms with Crippen molar-refractivity contribution < 1.29 is 122 Å². The van der Waals surface area contributed by atoms with E-state index in [2.05, 4.69) is 0 Å². The summed E-state index contributed by atoms with van der Waals surface area (Å²) in [6.45, 7) is 1.43. The van der Waals surface area contributed by atoms with Crippen molar-refractivity contribution in [1.82, 2.24) is 0 Å². The van der Waals surface area contributed by atoms with Crippen molar-refractivity contribution in [2.75, 3.05) is 0 Å². The average Bonchev–Trinajstić information content (AvgIpc) is 1.27. The predicted octanol–water partition coefficient (Wildman–Crippen LogP) is -7.65. The van der Waals surface area contributed by atoms with Crippen LogP contribution in [0.4, 0.5) is 0 Å². The summed E-state index contributed by atoms with van der Waals surface area (Å²) >= 11 is 0. The van der Waals surface area contributed by atoms with Gasteiger partial charge in [-0.15, -0.1) is 0 Å². The second-order valence-electron chi connectivity index (χ2n) is 0.692. The van der Waals surface area contributed by atoms with E-state index >= 15 is 0 Å². The van der Waals surface area contributed by atoms with Crippen LogP contribution >= 0.6 is 7.82 Å². The van der Waals surface area contributed by atoms with Crippen molar-refractivity contribution >= 4 is 7.82 Å². The fourth-order valence-corrected chi connectivity index (χ4v) is 0. The summed E-state index contributed by atoms with van der Waals surface area (Å²) in [7, 11) is -5.14. The summed E-state index contributed by atoms with van der Waals surface area (Å²) in [4.78, 5) is 24.3. The third-order valence-electron chi connectivity index (χ3n) is 0. The Morgan fingerprint density at radius 1 is 1.50 bits per heavy atom. The van der Waals surface area contributed by atoms with Crippen LogP contribution in [0.1, 0.15) is 6.92 Å². The first kappa shape index (κ1) is 23.0. The first-order valence-corrected chi connectivity index (χ1v) is 2.97. The Kier molecular flexibility index (Phi) is 33.2. The van der Waals surface area contributed by atoms with Crippen LogP contribution in [0, 0.1) is 11.3 Å². The van der Waals surface area contributed by atoms with Crippen molar-refractivity contribution in [3.8, 4) is 6.07 Å². The number of nitriles is 1. The van der Waals surface area contributed by atoms with Gasteiger partial charge < -0.3 is 19.2 Å². The van der Waals surface area contributed by atoms with E-state index in [1.807, 2.05) is 0 Å². The topological polar surface area (TPSA) is 107 Å². The summed E-state index contributed by atoms with van der Waals surface area (Å²) in [6, 6.07) is 1.75. The van der Waals surface area contributed by atoms with Crippen molar-refractivity contribution in [2.45, 2.75) is 6.92 Å². The molecule has 0 amide bonds. The van der Waals surface area contributed by atoms with Crippen LogP contribution in [0.3, 0.4) is 0 Å². The van der Waals surface area contributed by atoms with Gasteiger partial charge in [0.05, 0.1) is 13.9 Å². The van der Waals surface area contributed by atoms with E-state index < -0.39 is 7.82 Å². The van der Waals surface area contributed by atoms with E-state index in [1.165, 1.54) is 6.92 Å². The van der Waals surface area contributed by atoms with Crippen molar-refractivity contribution in [3.63, 3.8) is 0 Å². The molecular weight excluding hydrogens is 211 g/mol. The summed E-state index contributed by atoms with van der Waals surface area (Å²) < 4.78 is 8.66. The van der Waals surface area contributed by atoms with Crippen LogP contribution in [0.15, 0.2) is 0 Å². The molecule has 0 saturated carbocycles. The van der Waals surface area contributed by atoms with Gasteiger partial charge in [-0.25, -0.2) is 0 Å². The number of phosphoric acid groups is 1. The molecule has 8 heteroatoms. The Hall–Kier alpha value is 2.87. The molecule has 0 aromatic carbocycles. The molecule has 1 N–H and O–H groups in total. The molecule has 0 spiro atoms. The Morgan fingerprint density at radius 2 is 1.50 bits per heavy atom. The number of hydrogen-bond acceptors (Lipinski definition) is 4. The normalized spacial score (nSPS) is 6.70. The molecule has 0 radical (unpaired) electrons. The molecule has 0 aliphatic carbocycles. The third-order valence-corrected chi connectivity index (χ3v) is 0. The quantitative estimate of drug-likeness (QED) is 0.319. The Labute approximate surface area is 144 Å². The summed E-state index contributed by atoms with van der Waals surface area (Å²) in [6.07, 6.45) is 0. The molecule has 0 aromatic rings. The first-order valence-electron chi connectivity index (χ1n) is 1.47. The van der Waals surface area contributed by atoms with E-state index in [0.29, 0.717) is 0 Å². The summed E-state index contributed by atoms with van der Waals surface area (Å²) in [5.41, 5.74) is 0. The molecule has 0 aliphatic heterocycles. The molecule has 0 unspecified atom stereocenters. The van der Waals surface area contributed by atoms with Crippen LogP contribution in [0.2, 0.25) is 0 Å². The molecule has 10 heavy (non-hydrogen) atoms. The Morgan fingerprint density at radius 3 is 1.50 bits per heavy atom. The van der Waals surface area contributed by atoms with Crippen LogP contribution in [-0.2, 0) is 4.57 Å². The molecule has 5 nitrogen and oxygen atoms in total. The van der Waals surface area contributed by atoms with Crippen molar-refractivity contribution in [2.24, 2.45) is 0 Å². The zero-order valence-electron chi connectivity index (χ0n) is 6.07. The largest absolute Gasteiger partial charge is 1.00 e. The SMILES string of the molecule is CC#N.O=P([O-])([O-])O.[K+].[K+]. The van der Waals surface area contributed by atoms with Gasteiger partial charge in [0.2, 0.25) is 0 Å². The van der Waals surface area contributed by atoms with Crippen LogP contribution in [-0.4, -0.2) is 4.89 Å². The average molecular weight is 215 g/mol. The van der Waals surface area contributed by atoms with Gasteiger partial charge in [0.1, 0.15) is 0 Å². The molecule has 0 aliphatic rings. The Balaban J connectivity index is -0.0000000326. The van der Waals surface area contributed by atoms with Gasteiger partial charge in [-0.05, 0) is 0 Å². The monoisotopic (exact) mass is 215 g/mol. The Bertz CT molecular complexity index is 119. The predicted molar refractivity (Wildman–Crippen MR) is 21.1 cm³/mol. The van der Waals surface area contributed by atoms with Crippen LogP contribution in [0.25, 0.3) is 0 Å². The van der Waals surface area contributed by atoms with E-state index in [9.17, 15) is 0 Å². The molecule has 0 heterocycles. The van der Waals surface area contributed by atoms with E-state index in [-0.39, 0.29) is 103 Å². The maximum Gasteiger partial charge on any atom is 1.00 e. The number of rotatable bonds is 0. The molecule has 0 saturated heterocycles. The second kappa shape index (κ2) is 14.4. The van der Waals surface area contributed by atoms with E-state index in [4.69, 9.17) is 24.5 Å². The number of nitrogens with zero attached hydrogens (tertiary/aromatic N) is 1. The maximum atomic E-state index is 8.66. The number of hydrogen-bond donors (Lipinski definition) is 1. The van der Waals surface area contributed by atoms with Crippen molar-refractivity contribution in [1.29, 1.82) is 5.26 Å². The summed E-state index contributed by atoms with van der Waals surface area (Å²) in [5, 5.41) is 7.32. The maximum absolute atomic E-state index is 8.66. The van der Waals surface area contributed by atoms with Gasteiger partial charge in [0.25, 0.3) is 0 Å². The standard InChI is InChI=1S/C2H3N.2K.H3O4P/c1-2-3;;;1-5(2,3)4/h1H3;;;(H3,1,2,3,4)/q;2*+1;/p-2. The molecule has 0 fully saturated rings. The fraction of sp³-hybridized carbons (Fsp3) is 0.500. The van der Waals surface area contributed by atoms with Gasteiger partial charge in [0, 0.05) is 6.92 Å². The first-order chi connectivity index (χ1) is 3.41. The minimum Gasteiger partial charge on any atom is -0.790 e. The molecule has 48 valence electrons. The van der Waals surface area contributed by atoms with E-state index in [1.54, 1.807) is 6.07 Å². The molecule has 0 rings (SSSR count). The summed E-state index contributed by atoms with van der Waals surface area (Å²) in [5.74, 6) is 0. The van der Waals surface area contributed by atoms with Gasteiger partial charge in [-0.1, -0.05) is 0 Å². The van der Waals surface area contributed by atoms with Gasteiger partial charge >= 0.3 is 103 Å². The smallest absolute Gasteiger partial charge is 0.790 e. The fourth-order valence-electron chi connectivity index (χ4n) is 0. The van der Waals surface area contributed by atoms with Gasteiger partial charge in [-0.2, -0.15) is 5.26 Å². The van der Waals surface area contributed by atoms with E-state index in [0.717, 1.165) is 0 Å². The molecular formula is C2H4K2NO4P. The van der Waals surface area contributed by atoms with Gasteiger partial charge in [0.15, 0.2) is 0 Å². The minimum atomic E-state index is -5.14. The van der Waals surface area contributed by atoms with Crippen LogP contribution in [0.5, 0.6) is 0 Å². The zero-order valence-corrected chi connectivity index (χ0v) is 13.2. The molecule has 0 atom stereocenters.